The Morgan fingerprint density at radius 2 is 2.33 bits per heavy atom. The quantitative estimate of drug-likeness (QED) is 0.485. The fourth-order valence-corrected chi connectivity index (χ4v) is 1.64. The second-order valence-corrected chi connectivity index (χ2v) is 3.45. The lowest BCUT2D eigenvalue weighted by atomic mass is 10.1. The maximum absolute atomic E-state index is 10.7. The van der Waals surface area contributed by atoms with E-state index in [0.29, 0.717) is 16.9 Å². The molecule has 1 aromatic carbocycles. The summed E-state index contributed by atoms with van der Waals surface area (Å²) in [7, 11) is 0. The molecule has 0 amide bonds. The van der Waals surface area contributed by atoms with Crippen LogP contribution in [0.5, 0.6) is 0 Å². The lowest BCUT2D eigenvalue weighted by molar-refractivity contribution is -0.385. The van der Waals surface area contributed by atoms with E-state index in [9.17, 15) is 10.1 Å². The predicted molar refractivity (Wildman–Crippen MR) is 57.0 cm³/mol. The first-order chi connectivity index (χ1) is 7.13. The van der Waals surface area contributed by atoms with E-state index in [1.807, 2.05) is 0 Å². The van der Waals surface area contributed by atoms with Gasteiger partial charge in [-0.25, -0.2) is 4.98 Å². The highest BCUT2D eigenvalue weighted by Gasteiger charge is 2.15. The first-order valence-electron chi connectivity index (χ1n) is 4.32. The molecule has 6 heteroatoms. The van der Waals surface area contributed by atoms with Crippen molar-refractivity contribution >= 4 is 28.3 Å². The van der Waals surface area contributed by atoms with Crippen molar-refractivity contribution in [1.29, 1.82) is 0 Å². The fraction of sp³-hybridized carbons (Fsp3) is 0.222. The molecule has 2 rings (SSSR count). The summed E-state index contributed by atoms with van der Waals surface area (Å²) in [5.74, 6) is 0.886. The van der Waals surface area contributed by atoms with Crippen LogP contribution >= 0.6 is 11.6 Å². The molecule has 1 heterocycles. The monoisotopic (exact) mass is 225 g/mol. The third kappa shape index (κ3) is 1.55. The number of aryl methyl sites for hydroxylation is 1. The summed E-state index contributed by atoms with van der Waals surface area (Å²) in [4.78, 5) is 17.4. The number of H-pyrrole nitrogens is 1. The minimum absolute atomic E-state index is 0.0788. The normalized spacial score (nSPS) is 10.8. The van der Waals surface area contributed by atoms with Crippen molar-refractivity contribution < 1.29 is 4.92 Å². The molecule has 0 unspecified atom stereocenters. The molecule has 1 N–H and O–H groups in total. The molecule has 0 aliphatic heterocycles. The highest BCUT2D eigenvalue weighted by Crippen LogP contribution is 2.25. The van der Waals surface area contributed by atoms with Crippen molar-refractivity contribution in [3.63, 3.8) is 0 Å². The van der Waals surface area contributed by atoms with E-state index in [2.05, 4.69) is 9.97 Å². The Morgan fingerprint density at radius 3 is 2.93 bits per heavy atom. The first-order valence-corrected chi connectivity index (χ1v) is 4.85. The summed E-state index contributed by atoms with van der Waals surface area (Å²) in [6.07, 6.45) is 0. The predicted octanol–water partition coefficient (Wildman–Crippen LogP) is 2.52. The van der Waals surface area contributed by atoms with Crippen LogP contribution in [0.2, 0.25) is 0 Å². The van der Waals surface area contributed by atoms with Crippen molar-refractivity contribution in [1.82, 2.24) is 9.97 Å². The molecule has 15 heavy (non-hydrogen) atoms. The third-order valence-corrected chi connectivity index (χ3v) is 2.50. The Morgan fingerprint density at radius 1 is 1.60 bits per heavy atom. The molecule has 0 radical (unpaired) electrons. The lowest BCUT2D eigenvalue weighted by Crippen LogP contribution is -1.91. The van der Waals surface area contributed by atoms with Crippen LogP contribution in [-0.2, 0) is 5.88 Å². The topological polar surface area (TPSA) is 71.8 Å². The number of benzene rings is 1. The van der Waals surface area contributed by atoms with Gasteiger partial charge in [-0.3, -0.25) is 10.1 Å². The molecule has 0 aliphatic carbocycles. The Bertz CT molecular complexity index is 535. The van der Waals surface area contributed by atoms with Crippen LogP contribution in [0.15, 0.2) is 12.1 Å². The molecule has 0 fully saturated rings. The highest BCUT2D eigenvalue weighted by molar-refractivity contribution is 6.16. The largest absolute Gasteiger partial charge is 0.341 e. The van der Waals surface area contributed by atoms with Crippen LogP contribution in [0.3, 0.4) is 0 Å². The van der Waals surface area contributed by atoms with Gasteiger partial charge in [0.15, 0.2) is 0 Å². The minimum atomic E-state index is -0.413. The molecular weight excluding hydrogens is 218 g/mol. The van der Waals surface area contributed by atoms with Crippen LogP contribution in [0.4, 0.5) is 5.69 Å². The molecule has 0 saturated heterocycles. The van der Waals surface area contributed by atoms with E-state index >= 15 is 0 Å². The molecule has 5 nitrogen and oxygen atoms in total. The molecule has 0 atom stereocenters. The summed E-state index contributed by atoms with van der Waals surface area (Å²) in [5, 5.41) is 10.7. The number of aromatic nitrogens is 2. The third-order valence-electron chi connectivity index (χ3n) is 2.25. The number of aromatic amines is 1. The zero-order valence-electron chi connectivity index (χ0n) is 7.95. The Kier molecular flexibility index (Phi) is 2.32. The number of hydrogen-bond acceptors (Lipinski definition) is 3. The van der Waals surface area contributed by atoms with Crippen LogP contribution in [-0.4, -0.2) is 14.9 Å². The second-order valence-electron chi connectivity index (χ2n) is 3.18. The second kappa shape index (κ2) is 3.51. The van der Waals surface area contributed by atoms with Gasteiger partial charge >= 0.3 is 0 Å². The zero-order valence-corrected chi connectivity index (χ0v) is 8.71. The number of nitro groups is 1. The Hall–Kier alpha value is -1.62. The smallest absolute Gasteiger partial charge is 0.274 e. The fourth-order valence-electron chi connectivity index (χ4n) is 1.51. The number of nitrogens with one attached hydrogen (secondary N) is 1. The van der Waals surface area contributed by atoms with Gasteiger partial charge in [0.1, 0.15) is 5.82 Å². The number of halogens is 1. The van der Waals surface area contributed by atoms with E-state index < -0.39 is 4.92 Å². The molecule has 0 aliphatic rings. The van der Waals surface area contributed by atoms with Gasteiger partial charge < -0.3 is 4.98 Å². The van der Waals surface area contributed by atoms with Gasteiger partial charge in [0, 0.05) is 6.07 Å². The highest BCUT2D eigenvalue weighted by atomic mass is 35.5. The van der Waals surface area contributed by atoms with Crippen molar-refractivity contribution in [2.45, 2.75) is 12.8 Å². The summed E-state index contributed by atoms with van der Waals surface area (Å²) in [5.41, 5.74) is 2.02. The summed E-state index contributed by atoms with van der Waals surface area (Å²) in [6, 6.07) is 3.11. The maximum Gasteiger partial charge on any atom is 0.274 e. The lowest BCUT2D eigenvalue weighted by Gasteiger charge is -1.96. The molecule has 0 bridgehead atoms. The van der Waals surface area contributed by atoms with E-state index in [1.165, 1.54) is 6.07 Å². The number of rotatable bonds is 2. The summed E-state index contributed by atoms with van der Waals surface area (Å²) >= 11 is 5.63. The van der Waals surface area contributed by atoms with Crippen molar-refractivity contribution in [2.75, 3.05) is 0 Å². The van der Waals surface area contributed by atoms with Gasteiger partial charge in [0.05, 0.1) is 27.4 Å². The first kappa shape index (κ1) is 9.92. The average Bonchev–Trinajstić information content (AvgIpc) is 2.61. The number of nitro benzene ring substituents is 1. The Labute approximate surface area is 90.2 Å². The molecular formula is C9H8ClN3O2. The SMILES string of the molecule is Cc1c([N+](=O)[O-])ccc2[nH]c(CCl)nc12. The van der Waals surface area contributed by atoms with E-state index in [0.717, 1.165) is 5.52 Å². The van der Waals surface area contributed by atoms with E-state index in [-0.39, 0.29) is 11.6 Å². The number of hydrogen-bond donors (Lipinski definition) is 1. The van der Waals surface area contributed by atoms with Gasteiger partial charge in [0.25, 0.3) is 5.69 Å². The van der Waals surface area contributed by atoms with Gasteiger partial charge in [0.2, 0.25) is 0 Å². The van der Waals surface area contributed by atoms with Crippen molar-refractivity contribution in [2.24, 2.45) is 0 Å². The molecule has 0 spiro atoms. The van der Waals surface area contributed by atoms with Gasteiger partial charge in [-0.2, -0.15) is 0 Å². The summed E-state index contributed by atoms with van der Waals surface area (Å²) in [6.45, 7) is 1.68. The van der Waals surface area contributed by atoms with Crippen LogP contribution in [0.1, 0.15) is 11.4 Å². The van der Waals surface area contributed by atoms with Gasteiger partial charge in [-0.15, -0.1) is 11.6 Å². The number of fused-ring (bicyclic) bond motifs is 1. The van der Waals surface area contributed by atoms with Crippen LogP contribution in [0.25, 0.3) is 11.0 Å². The molecule has 2 aromatic rings. The van der Waals surface area contributed by atoms with Gasteiger partial charge in [-0.05, 0) is 13.0 Å². The van der Waals surface area contributed by atoms with Crippen LogP contribution < -0.4 is 0 Å². The molecule has 78 valence electrons. The maximum atomic E-state index is 10.7. The van der Waals surface area contributed by atoms with Gasteiger partial charge in [-0.1, -0.05) is 0 Å². The van der Waals surface area contributed by atoms with E-state index in [1.54, 1.807) is 13.0 Å². The number of alkyl halides is 1. The average molecular weight is 226 g/mol. The number of nitrogens with zero attached hydrogens (tertiary/aromatic N) is 2. The minimum Gasteiger partial charge on any atom is -0.341 e. The summed E-state index contributed by atoms with van der Waals surface area (Å²) < 4.78 is 0. The van der Waals surface area contributed by atoms with Crippen molar-refractivity contribution in [3.05, 3.63) is 33.6 Å². The van der Waals surface area contributed by atoms with E-state index in [4.69, 9.17) is 11.6 Å². The van der Waals surface area contributed by atoms with Crippen molar-refractivity contribution in [3.8, 4) is 0 Å². The zero-order chi connectivity index (χ0) is 11.0. The molecule has 0 saturated carbocycles. The number of imidazole rings is 1. The standard InChI is InChI=1S/C9H8ClN3O2/c1-5-7(13(14)15)3-2-6-9(5)12-8(4-10)11-6/h2-3H,4H2,1H3,(H,11,12). The van der Waals surface area contributed by atoms with Crippen LogP contribution in [0, 0.1) is 17.0 Å². The Balaban J connectivity index is 2.72. The molecule has 1 aromatic heterocycles.